The molecule has 25 heavy (non-hydrogen) atoms. The minimum atomic E-state index is 0.575. The summed E-state index contributed by atoms with van der Waals surface area (Å²) in [6.07, 6.45) is 13.9. The van der Waals surface area contributed by atoms with Crippen LogP contribution in [0.5, 0.6) is 0 Å². The Hall–Kier alpha value is -1.08. The normalized spacial score (nSPS) is 15.2. The third-order valence-corrected chi connectivity index (χ3v) is 6.32. The quantitative estimate of drug-likeness (QED) is 0.351. The monoisotopic (exact) mass is 398 g/mol. The molecule has 1 unspecified atom stereocenters. The Balaban J connectivity index is 1.52. The average molecular weight is 399 g/mol. The molecule has 0 spiro atoms. The summed E-state index contributed by atoms with van der Waals surface area (Å²) >= 11 is 3.81. The third kappa shape index (κ3) is 4.56. The Labute approximate surface area is 162 Å². The maximum Gasteiger partial charge on any atom is 0.0219 e. The van der Waals surface area contributed by atoms with Crippen molar-refractivity contribution in [3.63, 3.8) is 0 Å². The van der Waals surface area contributed by atoms with Crippen LogP contribution < -0.4 is 0 Å². The Kier molecular flexibility index (Phi) is 7.16. The Bertz CT molecular complexity index is 674. The molecule has 0 nitrogen and oxygen atoms in total. The maximum absolute atomic E-state index is 3.81. The largest absolute Gasteiger partial charge is 0.0654 e. The maximum atomic E-state index is 3.81. The van der Waals surface area contributed by atoms with E-state index in [9.17, 15) is 0 Å². The van der Waals surface area contributed by atoms with Gasteiger partial charge in [-0.3, -0.25) is 0 Å². The molecule has 1 aliphatic rings. The van der Waals surface area contributed by atoms with Crippen molar-refractivity contribution in [3.05, 3.63) is 58.1 Å². The van der Waals surface area contributed by atoms with E-state index in [1.807, 2.05) is 0 Å². The topological polar surface area (TPSA) is 0 Å². The van der Waals surface area contributed by atoms with Crippen LogP contribution in [0.4, 0.5) is 0 Å². The Morgan fingerprint density at radius 2 is 1.36 bits per heavy atom. The van der Waals surface area contributed by atoms with Gasteiger partial charge in [0.25, 0.3) is 0 Å². The van der Waals surface area contributed by atoms with Gasteiger partial charge in [-0.2, -0.15) is 0 Å². The number of unbranched alkanes of at least 4 members (excludes halogenated alkanes) is 8. The molecule has 2 aromatic rings. The zero-order valence-electron chi connectivity index (χ0n) is 15.6. The van der Waals surface area contributed by atoms with Crippen molar-refractivity contribution in [2.45, 2.75) is 77.0 Å². The van der Waals surface area contributed by atoms with E-state index in [1.165, 1.54) is 90.9 Å². The van der Waals surface area contributed by atoms with Gasteiger partial charge in [0.15, 0.2) is 0 Å². The van der Waals surface area contributed by atoms with Crippen molar-refractivity contribution in [1.29, 1.82) is 0 Å². The molecule has 0 aromatic heterocycles. The first-order valence-corrected chi connectivity index (χ1v) is 11.0. The smallest absolute Gasteiger partial charge is 0.0219 e. The van der Waals surface area contributed by atoms with Crippen LogP contribution in [0, 0.1) is 0 Å². The van der Waals surface area contributed by atoms with Crippen LogP contribution in [0.1, 0.15) is 88.2 Å². The summed E-state index contributed by atoms with van der Waals surface area (Å²) in [6, 6.07) is 15.6. The molecule has 0 aliphatic heterocycles. The van der Waals surface area contributed by atoms with Gasteiger partial charge in [0.1, 0.15) is 0 Å². The molecule has 0 radical (unpaired) electrons. The summed E-state index contributed by atoms with van der Waals surface area (Å²) in [5.41, 5.74) is 5.93. The highest BCUT2D eigenvalue weighted by molar-refractivity contribution is 9.10. The first kappa shape index (κ1) is 18.7. The van der Waals surface area contributed by atoms with Gasteiger partial charge < -0.3 is 0 Å². The van der Waals surface area contributed by atoms with E-state index in [0.29, 0.717) is 5.92 Å². The lowest BCUT2D eigenvalue weighted by atomic mass is 9.91. The highest BCUT2D eigenvalue weighted by atomic mass is 79.9. The second kappa shape index (κ2) is 9.57. The van der Waals surface area contributed by atoms with Gasteiger partial charge in [-0.1, -0.05) is 117 Å². The van der Waals surface area contributed by atoms with Crippen LogP contribution in [0.2, 0.25) is 0 Å². The number of benzene rings is 2. The van der Waals surface area contributed by atoms with E-state index in [4.69, 9.17) is 0 Å². The Morgan fingerprint density at radius 3 is 2.12 bits per heavy atom. The summed E-state index contributed by atoms with van der Waals surface area (Å²) in [4.78, 5) is 0. The molecular formula is C24H31Br. The summed E-state index contributed by atoms with van der Waals surface area (Å²) < 4.78 is 1.28. The van der Waals surface area contributed by atoms with Gasteiger partial charge in [0.05, 0.1) is 0 Å². The summed E-state index contributed by atoms with van der Waals surface area (Å²) in [6.45, 7) is 2.29. The molecule has 0 saturated heterocycles. The predicted molar refractivity (Wildman–Crippen MR) is 113 cm³/mol. The molecule has 3 rings (SSSR count). The molecular weight excluding hydrogens is 368 g/mol. The molecule has 2 aromatic carbocycles. The molecule has 134 valence electrons. The zero-order chi connectivity index (χ0) is 17.5. The number of fused-ring (bicyclic) bond motifs is 3. The van der Waals surface area contributed by atoms with Crippen LogP contribution in [0.15, 0.2) is 46.9 Å². The predicted octanol–water partition coefficient (Wildman–Crippen LogP) is 8.48. The lowest BCUT2D eigenvalue weighted by Gasteiger charge is -2.15. The van der Waals surface area contributed by atoms with Gasteiger partial charge >= 0.3 is 0 Å². The summed E-state index contributed by atoms with van der Waals surface area (Å²) in [7, 11) is 0. The van der Waals surface area contributed by atoms with E-state index in [0.717, 1.165) is 0 Å². The number of rotatable bonds is 10. The minimum Gasteiger partial charge on any atom is -0.0654 e. The fraction of sp³-hybridized carbons (Fsp3) is 0.500. The lowest BCUT2D eigenvalue weighted by Crippen LogP contribution is -1.98. The average Bonchev–Trinajstić information content (AvgIpc) is 2.96. The van der Waals surface area contributed by atoms with Crippen LogP contribution in [0.3, 0.4) is 0 Å². The van der Waals surface area contributed by atoms with Crippen molar-refractivity contribution in [3.8, 4) is 11.1 Å². The zero-order valence-corrected chi connectivity index (χ0v) is 17.2. The second-order valence-electron chi connectivity index (χ2n) is 7.46. The molecule has 0 heterocycles. The van der Waals surface area contributed by atoms with Gasteiger partial charge in [-0.25, -0.2) is 0 Å². The second-order valence-corrected chi connectivity index (χ2v) is 8.31. The molecule has 1 aliphatic carbocycles. The molecule has 1 heteroatoms. The summed E-state index contributed by atoms with van der Waals surface area (Å²) in [5.74, 6) is 0.575. The standard InChI is InChI=1S/C24H31Br/c1-2-3-4-5-6-7-8-9-10-16-21-19-14-11-12-15-20(19)22-17-13-18-23(25)24(21)22/h11-15,17-18,21H,2-10,16H2,1H3. The molecule has 0 bridgehead atoms. The number of hydrogen-bond donors (Lipinski definition) is 0. The third-order valence-electron chi connectivity index (χ3n) is 5.62. The van der Waals surface area contributed by atoms with Crippen molar-refractivity contribution >= 4 is 15.9 Å². The van der Waals surface area contributed by atoms with Crippen LogP contribution >= 0.6 is 15.9 Å². The van der Waals surface area contributed by atoms with Gasteiger partial charge in [0.2, 0.25) is 0 Å². The summed E-state index contributed by atoms with van der Waals surface area (Å²) in [5, 5.41) is 0. The van der Waals surface area contributed by atoms with E-state index in [-0.39, 0.29) is 0 Å². The molecule has 0 saturated carbocycles. The van der Waals surface area contributed by atoms with Crippen molar-refractivity contribution in [1.82, 2.24) is 0 Å². The molecule has 1 atom stereocenters. The number of halogens is 1. The SMILES string of the molecule is CCCCCCCCCCCC1c2ccccc2-c2cccc(Br)c21. The molecule has 0 N–H and O–H groups in total. The van der Waals surface area contributed by atoms with E-state index in [2.05, 4.69) is 65.3 Å². The Morgan fingerprint density at radius 1 is 0.720 bits per heavy atom. The highest BCUT2D eigenvalue weighted by Crippen LogP contribution is 2.49. The van der Waals surface area contributed by atoms with E-state index >= 15 is 0 Å². The fourth-order valence-electron chi connectivity index (χ4n) is 4.29. The van der Waals surface area contributed by atoms with Gasteiger partial charge in [-0.05, 0) is 34.7 Å². The van der Waals surface area contributed by atoms with E-state index in [1.54, 1.807) is 0 Å². The lowest BCUT2D eigenvalue weighted by molar-refractivity contribution is 0.547. The van der Waals surface area contributed by atoms with Gasteiger partial charge in [0, 0.05) is 10.4 Å². The van der Waals surface area contributed by atoms with Crippen molar-refractivity contribution < 1.29 is 0 Å². The van der Waals surface area contributed by atoms with Crippen molar-refractivity contribution in [2.24, 2.45) is 0 Å². The molecule has 0 amide bonds. The number of hydrogen-bond acceptors (Lipinski definition) is 0. The molecule has 0 fully saturated rings. The van der Waals surface area contributed by atoms with E-state index < -0.39 is 0 Å². The van der Waals surface area contributed by atoms with Gasteiger partial charge in [-0.15, -0.1) is 0 Å². The first-order chi connectivity index (χ1) is 12.3. The van der Waals surface area contributed by atoms with Crippen LogP contribution in [-0.4, -0.2) is 0 Å². The highest BCUT2D eigenvalue weighted by Gasteiger charge is 2.29. The fourth-order valence-corrected chi connectivity index (χ4v) is 4.93. The first-order valence-electron chi connectivity index (χ1n) is 10.2. The van der Waals surface area contributed by atoms with Crippen molar-refractivity contribution in [2.75, 3.05) is 0 Å². The van der Waals surface area contributed by atoms with Crippen LogP contribution in [-0.2, 0) is 0 Å². The van der Waals surface area contributed by atoms with Crippen LogP contribution in [0.25, 0.3) is 11.1 Å². The minimum absolute atomic E-state index is 0.575.